The van der Waals surface area contributed by atoms with E-state index in [1.807, 2.05) is 57.3 Å². The van der Waals surface area contributed by atoms with Gasteiger partial charge in [-0.25, -0.2) is 0 Å². The second kappa shape index (κ2) is 9.69. The molecule has 30 heavy (non-hydrogen) atoms. The van der Waals surface area contributed by atoms with Crippen LogP contribution in [0.25, 0.3) is 0 Å². The molecule has 8 heteroatoms. The summed E-state index contributed by atoms with van der Waals surface area (Å²) in [7, 11) is 5.26. The second-order valence-corrected chi connectivity index (χ2v) is 8.19. The Bertz CT molecular complexity index is 1020. The zero-order valence-electron chi connectivity index (χ0n) is 17.9. The summed E-state index contributed by atoms with van der Waals surface area (Å²) in [6.45, 7) is 5.34. The lowest BCUT2D eigenvalue weighted by Gasteiger charge is -2.18. The molecule has 0 radical (unpaired) electrons. The number of benzene rings is 2. The maximum atomic E-state index is 12.4. The van der Waals surface area contributed by atoms with Crippen molar-refractivity contribution in [3.05, 3.63) is 63.1 Å². The Balaban J connectivity index is 1.63. The molecule has 0 aliphatic heterocycles. The van der Waals surface area contributed by atoms with Gasteiger partial charge in [-0.2, -0.15) is 0 Å². The molecule has 0 unspecified atom stereocenters. The summed E-state index contributed by atoms with van der Waals surface area (Å²) in [6, 6.07) is 11.6. The van der Waals surface area contributed by atoms with Crippen molar-refractivity contribution in [1.82, 2.24) is 15.1 Å². The van der Waals surface area contributed by atoms with Crippen LogP contribution in [-0.2, 0) is 13.1 Å². The fourth-order valence-corrected chi connectivity index (χ4v) is 3.82. The van der Waals surface area contributed by atoms with E-state index >= 15 is 0 Å². The van der Waals surface area contributed by atoms with E-state index in [1.165, 1.54) is 11.3 Å². The third kappa shape index (κ3) is 5.34. The van der Waals surface area contributed by atoms with E-state index < -0.39 is 0 Å². The van der Waals surface area contributed by atoms with Crippen molar-refractivity contribution >= 4 is 22.9 Å². The number of nitrogens with one attached hydrogen (secondary N) is 1. The van der Waals surface area contributed by atoms with Crippen LogP contribution in [-0.4, -0.2) is 42.3 Å². The Hall–Kier alpha value is -2.97. The van der Waals surface area contributed by atoms with Crippen LogP contribution in [0.3, 0.4) is 0 Å². The molecule has 2 aromatic carbocycles. The average Bonchev–Trinajstić information content (AvgIpc) is 3.19. The van der Waals surface area contributed by atoms with Gasteiger partial charge in [0.05, 0.1) is 20.8 Å². The minimum Gasteiger partial charge on any atom is -0.493 e. The molecule has 0 aliphatic carbocycles. The first-order valence-electron chi connectivity index (χ1n) is 9.50. The highest BCUT2D eigenvalue weighted by Crippen LogP contribution is 2.31. The number of hydrogen-bond donors (Lipinski definition) is 1. The molecule has 0 fully saturated rings. The number of anilines is 1. The van der Waals surface area contributed by atoms with Crippen molar-refractivity contribution in [2.24, 2.45) is 0 Å². The van der Waals surface area contributed by atoms with Crippen molar-refractivity contribution in [3.63, 3.8) is 0 Å². The quantitative estimate of drug-likeness (QED) is 0.585. The standard InChI is InChI=1S/C22H26N4O3S/c1-14-6-8-17(9-7-14)23-21(27)22-25-24-20(30-22)13-26(3)12-16-11-19(29-5)18(28-4)10-15(16)2/h6-11H,12-13H2,1-5H3,(H,23,27). The van der Waals surface area contributed by atoms with E-state index in [9.17, 15) is 4.79 Å². The molecule has 1 aromatic heterocycles. The van der Waals surface area contributed by atoms with Crippen molar-refractivity contribution in [2.45, 2.75) is 26.9 Å². The minimum atomic E-state index is -0.249. The van der Waals surface area contributed by atoms with E-state index in [0.29, 0.717) is 23.8 Å². The van der Waals surface area contributed by atoms with E-state index in [-0.39, 0.29) is 5.91 Å². The maximum Gasteiger partial charge on any atom is 0.286 e. The zero-order chi connectivity index (χ0) is 21.7. The van der Waals surface area contributed by atoms with E-state index in [4.69, 9.17) is 9.47 Å². The van der Waals surface area contributed by atoms with Crippen LogP contribution >= 0.6 is 11.3 Å². The minimum absolute atomic E-state index is 0.249. The lowest BCUT2D eigenvalue weighted by atomic mass is 10.1. The van der Waals surface area contributed by atoms with Crippen LogP contribution in [0.1, 0.15) is 31.5 Å². The number of nitrogens with zero attached hydrogens (tertiary/aromatic N) is 3. The molecule has 0 saturated carbocycles. The van der Waals surface area contributed by atoms with Crippen LogP contribution in [0, 0.1) is 13.8 Å². The van der Waals surface area contributed by atoms with Crippen LogP contribution < -0.4 is 14.8 Å². The number of rotatable bonds is 8. The second-order valence-electron chi connectivity index (χ2n) is 7.13. The average molecular weight is 427 g/mol. The number of aryl methyl sites for hydroxylation is 2. The Kier molecular flexibility index (Phi) is 7.02. The van der Waals surface area contributed by atoms with Crippen LogP contribution in [0.4, 0.5) is 5.69 Å². The smallest absolute Gasteiger partial charge is 0.286 e. The van der Waals surface area contributed by atoms with E-state index in [0.717, 1.165) is 33.1 Å². The van der Waals surface area contributed by atoms with Gasteiger partial charge >= 0.3 is 0 Å². The molecule has 158 valence electrons. The topological polar surface area (TPSA) is 76.6 Å². The molecule has 0 bridgehead atoms. The largest absolute Gasteiger partial charge is 0.493 e. The number of carbonyl (C=O) groups excluding carboxylic acids is 1. The summed E-state index contributed by atoms with van der Waals surface area (Å²) >= 11 is 1.30. The highest BCUT2D eigenvalue weighted by molar-refractivity contribution is 7.13. The van der Waals surface area contributed by atoms with Crippen LogP contribution in [0.2, 0.25) is 0 Å². The molecule has 3 rings (SSSR count). The van der Waals surface area contributed by atoms with Gasteiger partial charge in [-0.3, -0.25) is 9.69 Å². The molecular weight excluding hydrogens is 400 g/mol. The molecule has 0 atom stereocenters. The Labute approximate surface area is 180 Å². The Morgan fingerprint density at radius 3 is 2.37 bits per heavy atom. The summed E-state index contributed by atoms with van der Waals surface area (Å²) < 4.78 is 10.8. The molecule has 1 N–H and O–H groups in total. The first kappa shape index (κ1) is 21.7. The van der Waals surface area contributed by atoms with Crippen molar-refractivity contribution in [2.75, 3.05) is 26.6 Å². The summed E-state index contributed by atoms with van der Waals surface area (Å²) in [5, 5.41) is 12.2. The molecule has 0 spiro atoms. The van der Waals surface area contributed by atoms with Gasteiger partial charge in [-0.15, -0.1) is 10.2 Å². The first-order valence-corrected chi connectivity index (χ1v) is 10.3. The van der Waals surface area contributed by atoms with Crippen LogP contribution in [0.5, 0.6) is 11.5 Å². The maximum absolute atomic E-state index is 12.4. The van der Waals surface area contributed by atoms with Crippen molar-refractivity contribution in [3.8, 4) is 11.5 Å². The zero-order valence-corrected chi connectivity index (χ0v) is 18.7. The lowest BCUT2D eigenvalue weighted by molar-refractivity contribution is 0.102. The number of hydrogen-bond acceptors (Lipinski definition) is 7. The molecule has 7 nitrogen and oxygen atoms in total. The number of aromatic nitrogens is 2. The lowest BCUT2D eigenvalue weighted by Crippen LogP contribution is -2.18. The summed E-state index contributed by atoms with van der Waals surface area (Å²) in [4.78, 5) is 14.5. The first-order chi connectivity index (χ1) is 14.4. The number of ether oxygens (including phenoxy) is 2. The van der Waals surface area contributed by atoms with E-state index in [2.05, 4.69) is 20.4 Å². The molecule has 0 saturated heterocycles. The molecular formula is C22H26N4O3S. The molecule has 3 aromatic rings. The predicted octanol–water partition coefficient (Wildman–Crippen LogP) is 4.06. The fraction of sp³-hybridized carbons (Fsp3) is 0.318. The SMILES string of the molecule is COc1cc(C)c(CN(C)Cc2nnc(C(=O)Nc3ccc(C)cc3)s2)cc1OC. The summed E-state index contributed by atoms with van der Waals surface area (Å²) in [5.41, 5.74) is 4.13. The monoisotopic (exact) mass is 426 g/mol. The fourth-order valence-electron chi connectivity index (χ4n) is 3.00. The van der Waals surface area contributed by atoms with Gasteiger partial charge in [0.15, 0.2) is 11.5 Å². The number of amides is 1. The normalized spacial score (nSPS) is 10.9. The highest BCUT2D eigenvalue weighted by Gasteiger charge is 2.15. The van der Waals surface area contributed by atoms with Crippen LogP contribution in [0.15, 0.2) is 36.4 Å². The van der Waals surface area contributed by atoms with Crippen molar-refractivity contribution < 1.29 is 14.3 Å². The van der Waals surface area contributed by atoms with Crippen molar-refractivity contribution in [1.29, 1.82) is 0 Å². The molecule has 0 aliphatic rings. The number of carbonyl (C=O) groups is 1. The van der Waals surface area contributed by atoms with Gasteiger partial charge in [-0.1, -0.05) is 29.0 Å². The van der Waals surface area contributed by atoms with Gasteiger partial charge < -0.3 is 14.8 Å². The predicted molar refractivity (Wildman–Crippen MR) is 118 cm³/mol. The summed E-state index contributed by atoms with van der Waals surface area (Å²) in [5.74, 6) is 1.17. The van der Waals surface area contributed by atoms with Gasteiger partial charge in [0.1, 0.15) is 5.01 Å². The third-order valence-electron chi connectivity index (χ3n) is 4.66. The van der Waals surface area contributed by atoms with Gasteiger partial charge in [0.25, 0.3) is 5.91 Å². The van der Waals surface area contributed by atoms with Gasteiger partial charge in [0.2, 0.25) is 5.01 Å². The number of methoxy groups -OCH3 is 2. The molecule has 1 heterocycles. The highest BCUT2D eigenvalue weighted by atomic mass is 32.1. The summed E-state index contributed by atoms with van der Waals surface area (Å²) in [6.07, 6.45) is 0. The third-order valence-corrected chi connectivity index (χ3v) is 5.56. The molecule has 1 amide bonds. The Morgan fingerprint density at radius 2 is 1.70 bits per heavy atom. The van der Waals surface area contributed by atoms with Gasteiger partial charge in [0, 0.05) is 12.2 Å². The van der Waals surface area contributed by atoms with Gasteiger partial charge in [-0.05, 0) is 56.3 Å². The van der Waals surface area contributed by atoms with E-state index in [1.54, 1.807) is 14.2 Å². The Morgan fingerprint density at radius 1 is 1.03 bits per heavy atom.